The van der Waals surface area contributed by atoms with Crippen LogP contribution in [0.5, 0.6) is 0 Å². The molecular formula is C3H2F6O5S. The Morgan fingerprint density at radius 3 is 1.53 bits per heavy atom. The molecule has 2 N–H and O–H groups in total. The van der Waals surface area contributed by atoms with Crippen molar-refractivity contribution in [1.82, 2.24) is 0 Å². The van der Waals surface area contributed by atoms with Gasteiger partial charge < -0.3 is 5.11 Å². The molecule has 12 heteroatoms. The van der Waals surface area contributed by atoms with Crippen LogP contribution in [0.25, 0.3) is 0 Å². The van der Waals surface area contributed by atoms with Crippen LogP contribution >= 0.6 is 0 Å². The van der Waals surface area contributed by atoms with Crippen molar-refractivity contribution in [2.75, 3.05) is 0 Å². The fourth-order valence-corrected chi connectivity index (χ4v) is 0.706. The largest absolute Gasteiger partial charge is 0.487 e. The molecule has 0 spiro atoms. The van der Waals surface area contributed by atoms with Crippen LogP contribution in [0.4, 0.5) is 26.3 Å². The van der Waals surface area contributed by atoms with E-state index in [4.69, 9.17) is 9.66 Å². The summed E-state index contributed by atoms with van der Waals surface area (Å²) in [5.41, 5.74) is 0. The quantitative estimate of drug-likeness (QED) is 0.441. The lowest BCUT2D eigenvalue weighted by Gasteiger charge is -2.24. The van der Waals surface area contributed by atoms with Gasteiger partial charge in [0.2, 0.25) is 0 Å². The summed E-state index contributed by atoms with van der Waals surface area (Å²) >= 11 is 0. The maximum Gasteiger partial charge on any atom is 0.487 e. The van der Waals surface area contributed by atoms with E-state index in [9.17, 15) is 34.8 Å². The van der Waals surface area contributed by atoms with Crippen molar-refractivity contribution in [3.63, 3.8) is 0 Å². The van der Waals surface area contributed by atoms with Gasteiger partial charge in [-0.2, -0.15) is 26.0 Å². The van der Waals surface area contributed by atoms with Gasteiger partial charge in [0.1, 0.15) is 0 Å². The summed E-state index contributed by atoms with van der Waals surface area (Å²) in [6, 6.07) is 0. The molecular weight excluding hydrogens is 262 g/mol. The second-order valence-electron chi connectivity index (χ2n) is 2.10. The molecule has 0 bridgehead atoms. The van der Waals surface area contributed by atoms with Crippen LogP contribution in [0.15, 0.2) is 0 Å². The summed E-state index contributed by atoms with van der Waals surface area (Å²) in [5.74, 6) is 0. The lowest BCUT2D eigenvalue weighted by Crippen LogP contribution is -2.51. The number of halogens is 6. The molecule has 0 rings (SSSR count). The molecule has 0 saturated carbocycles. The van der Waals surface area contributed by atoms with Crippen molar-refractivity contribution in [2.45, 2.75) is 17.7 Å². The predicted molar refractivity (Wildman–Crippen MR) is 29.7 cm³/mol. The lowest BCUT2D eigenvalue weighted by atomic mass is 10.6. The van der Waals surface area contributed by atoms with Gasteiger partial charge in [-0.05, 0) is 0 Å². The van der Waals surface area contributed by atoms with Crippen LogP contribution in [0, 0.1) is 0 Å². The molecule has 0 radical (unpaired) electrons. The average Bonchev–Trinajstić information content (AvgIpc) is 1.77. The number of hydrogen-bond acceptors (Lipinski definition) is 4. The first-order chi connectivity index (χ1) is 6.21. The number of alkyl halides is 6. The Morgan fingerprint density at radius 1 is 1.00 bits per heavy atom. The fraction of sp³-hybridized carbons (Fsp3) is 1.00. The third-order valence-electron chi connectivity index (χ3n) is 0.914. The standard InChI is InChI=1S/C3H2F6O5S/c4-1(5,14-3(8,9)10)2(6,7)15(11,12)13/h10H,(H,11,12,13). The van der Waals surface area contributed by atoms with E-state index in [0.717, 1.165) is 0 Å². The van der Waals surface area contributed by atoms with Crippen molar-refractivity contribution in [1.29, 1.82) is 0 Å². The summed E-state index contributed by atoms with van der Waals surface area (Å²) in [4.78, 5) is 0. The van der Waals surface area contributed by atoms with E-state index in [2.05, 4.69) is 0 Å². The van der Waals surface area contributed by atoms with Gasteiger partial charge in [-0.25, -0.2) is 4.74 Å². The van der Waals surface area contributed by atoms with Crippen LogP contribution in [-0.2, 0) is 14.9 Å². The third kappa shape index (κ3) is 3.19. The van der Waals surface area contributed by atoms with E-state index in [1.807, 2.05) is 4.74 Å². The summed E-state index contributed by atoms with van der Waals surface area (Å²) in [5, 5.41) is 1.01. The molecule has 0 saturated heterocycles. The van der Waals surface area contributed by atoms with E-state index in [1.54, 1.807) is 0 Å². The Kier molecular flexibility index (Phi) is 3.33. The minimum atomic E-state index is -6.69. The Bertz CT molecular complexity index is 329. The minimum absolute atomic E-state index is 1.82. The molecule has 0 unspecified atom stereocenters. The van der Waals surface area contributed by atoms with Crippen LogP contribution in [-0.4, -0.2) is 35.7 Å². The highest BCUT2D eigenvalue weighted by Gasteiger charge is 2.70. The molecule has 0 amide bonds. The highest BCUT2D eigenvalue weighted by molar-refractivity contribution is 7.86. The fourth-order valence-electron chi connectivity index (χ4n) is 0.364. The summed E-state index contributed by atoms with van der Waals surface area (Å²) < 4.78 is 99.8. The van der Waals surface area contributed by atoms with E-state index in [0.29, 0.717) is 0 Å². The van der Waals surface area contributed by atoms with Crippen LogP contribution in [0.1, 0.15) is 0 Å². The molecule has 5 nitrogen and oxygen atoms in total. The van der Waals surface area contributed by atoms with Gasteiger partial charge in [0, 0.05) is 0 Å². The first-order valence-electron chi connectivity index (χ1n) is 2.74. The Labute approximate surface area is 78.0 Å². The average molecular weight is 264 g/mol. The number of hydrogen-bond donors (Lipinski definition) is 2. The van der Waals surface area contributed by atoms with Crippen LogP contribution in [0.3, 0.4) is 0 Å². The predicted octanol–water partition coefficient (Wildman–Crippen LogP) is 0.619. The van der Waals surface area contributed by atoms with Crippen LogP contribution < -0.4 is 0 Å². The van der Waals surface area contributed by atoms with E-state index < -0.39 is 27.8 Å². The molecule has 0 aliphatic heterocycles. The maximum atomic E-state index is 12.1. The first kappa shape index (κ1) is 14.4. The highest BCUT2D eigenvalue weighted by atomic mass is 32.2. The molecule has 0 atom stereocenters. The van der Waals surface area contributed by atoms with E-state index in [-0.39, 0.29) is 0 Å². The smallest absolute Gasteiger partial charge is 0.311 e. The Hall–Kier alpha value is -0.590. The van der Waals surface area contributed by atoms with Gasteiger partial charge >= 0.3 is 27.8 Å². The maximum absolute atomic E-state index is 12.1. The zero-order valence-electron chi connectivity index (χ0n) is 6.30. The molecule has 0 aromatic carbocycles. The molecule has 0 fully saturated rings. The Balaban J connectivity index is 5.21. The topological polar surface area (TPSA) is 83.8 Å². The normalized spacial score (nSPS) is 15.5. The zero-order chi connectivity index (χ0) is 12.7. The van der Waals surface area contributed by atoms with Crippen molar-refractivity contribution >= 4 is 10.1 Å². The molecule has 0 aromatic heterocycles. The lowest BCUT2D eigenvalue weighted by molar-refractivity contribution is -0.477. The second kappa shape index (κ2) is 3.47. The van der Waals surface area contributed by atoms with Gasteiger partial charge in [-0.3, -0.25) is 4.55 Å². The van der Waals surface area contributed by atoms with Crippen molar-refractivity contribution in [2.24, 2.45) is 0 Å². The zero-order valence-corrected chi connectivity index (χ0v) is 7.11. The molecule has 0 heterocycles. The van der Waals surface area contributed by atoms with Gasteiger partial charge in [0.25, 0.3) is 0 Å². The summed E-state index contributed by atoms with van der Waals surface area (Å²) in [6.45, 7) is 0. The van der Waals surface area contributed by atoms with Crippen molar-refractivity contribution in [3.8, 4) is 0 Å². The summed E-state index contributed by atoms with van der Waals surface area (Å²) in [7, 11) is -6.69. The monoisotopic (exact) mass is 264 g/mol. The number of rotatable bonds is 4. The van der Waals surface area contributed by atoms with Crippen molar-refractivity contribution < 1.29 is 49.2 Å². The summed E-state index contributed by atoms with van der Waals surface area (Å²) in [6.07, 6.45) is -12.0. The molecule has 0 aliphatic carbocycles. The van der Waals surface area contributed by atoms with Crippen LogP contribution in [0.2, 0.25) is 0 Å². The minimum Gasteiger partial charge on any atom is -0.311 e. The van der Waals surface area contributed by atoms with Gasteiger partial charge in [-0.15, -0.1) is 8.78 Å². The molecule has 92 valence electrons. The van der Waals surface area contributed by atoms with E-state index >= 15 is 0 Å². The number of ether oxygens (including phenoxy) is 1. The van der Waals surface area contributed by atoms with E-state index in [1.165, 1.54) is 0 Å². The van der Waals surface area contributed by atoms with Crippen molar-refractivity contribution in [3.05, 3.63) is 0 Å². The van der Waals surface area contributed by atoms with Gasteiger partial charge in [-0.1, -0.05) is 0 Å². The Morgan fingerprint density at radius 2 is 1.33 bits per heavy atom. The van der Waals surface area contributed by atoms with Gasteiger partial charge in [0.15, 0.2) is 0 Å². The van der Waals surface area contributed by atoms with Gasteiger partial charge in [0.05, 0.1) is 0 Å². The SMILES string of the molecule is O=S(=O)(O)C(F)(F)C(F)(F)OC(O)(F)F. The second-order valence-corrected chi connectivity index (χ2v) is 3.56. The highest BCUT2D eigenvalue weighted by Crippen LogP contribution is 2.41. The molecule has 0 aliphatic rings. The third-order valence-corrected chi connectivity index (χ3v) is 1.80. The molecule has 15 heavy (non-hydrogen) atoms. The molecule has 0 aromatic rings. The number of aliphatic hydroxyl groups is 1. The first-order valence-corrected chi connectivity index (χ1v) is 4.18.